The van der Waals surface area contributed by atoms with Crippen molar-refractivity contribution in [2.45, 2.75) is 0 Å². The molecule has 0 unspecified atom stereocenters. The quantitative estimate of drug-likeness (QED) is 0.542. The molecule has 1 aliphatic rings. The predicted octanol–water partition coefficient (Wildman–Crippen LogP) is -1.90. The standard InChI is InChI=1S/C10H20N4O2/c15-9-13-5-3-11-1-2-12-4-6-14(10-16)8-7-13/h9-12H,1-8H2. The molecule has 1 aliphatic heterocycles. The van der Waals surface area contributed by atoms with E-state index in [9.17, 15) is 9.59 Å². The molecule has 1 fully saturated rings. The van der Waals surface area contributed by atoms with Crippen LogP contribution in [-0.2, 0) is 9.59 Å². The molecule has 0 aromatic rings. The molecule has 6 heteroatoms. The zero-order chi connectivity index (χ0) is 11.6. The van der Waals surface area contributed by atoms with Gasteiger partial charge in [-0.25, -0.2) is 0 Å². The predicted molar refractivity (Wildman–Crippen MR) is 61.0 cm³/mol. The van der Waals surface area contributed by atoms with Crippen molar-refractivity contribution in [2.24, 2.45) is 0 Å². The highest BCUT2D eigenvalue weighted by atomic mass is 16.1. The van der Waals surface area contributed by atoms with Crippen LogP contribution in [0.25, 0.3) is 0 Å². The van der Waals surface area contributed by atoms with Crippen LogP contribution in [0, 0.1) is 0 Å². The molecule has 0 atom stereocenters. The molecule has 0 aromatic heterocycles. The maximum Gasteiger partial charge on any atom is 0.209 e. The first kappa shape index (κ1) is 12.9. The van der Waals surface area contributed by atoms with E-state index in [1.165, 1.54) is 0 Å². The summed E-state index contributed by atoms with van der Waals surface area (Å²) in [6.07, 6.45) is 1.68. The lowest BCUT2D eigenvalue weighted by atomic mass is 10.4. The molecule has 2 amide bonds. The summed E-state index contributed by atoms with van der Waals surface area (Å²) in [7, 11) is 0. The summed E-state index contributed by atoms with van der Waals surface area (Å²) in [4.78, 5) is 24.9. The van der Waals surface area contributed by atoms with Crippen molar-refractivity contribution in [1.82, 2.24) is 20.4 Å². The van der Waals surface area contributed by atoms with Crippen LogP contribution >= 0.6 is 0 Å². The second-order valence-corrected chi connectivity index (χ2v) is 3.78. The van der Waals surface area contributed by atoms with Gasteiger partial charge in [-0.05, 0) is 0 Å². The van der Waals surface area contributed by atoms with Gasteiger partial charge in [-0.1, -0.05) is 0 Å². The van der Waals surface area contributed by atoms with Gasteiger partial charge in [-0.3, -0.25) is 9.59 Å². The molecular weight excluding hydrogens is 208 g/mol. The van der Waals surface area contributed by atoms with Gasteiger partial charge in [-0.15, -0.1) is 0 Å². The van der Waals surface area contributed by atoms with Gasteiger partial charge in [0.05, 0.1) is 0 Å². The maximum absolute atomic E-state index is 10.8. The number of amides is 2. The van der Waals surface area contributed by atoms with Crippen LogP contribution in [0.5, 0.6) is 0 Å². The lowest BCUT2D eigenvalue weighted by Crippen LogP contribution is -2.42. The molecule has 1 rings (SSSR count). The lowest BCUT2D eigenvalue weighted by molar-refractivity contribution is -0.121. The monoisotopic (exact) mass is 228 g/mol. The molecule has 0 saturated carbocycles. The Kier molecular flexibility index (Phi) is 6.52. The number of rotatable bonds is 2. The van der Waals surface area contributed by atoms with Crippen LogP contribution < -0.4 is 10.6 Å². The summed E-state index contributed by atoms with van der Waals surface area (Å²) in [6.45, 7) is 5.94. The summed E-state index contributed by atoms with van der Waals surface area (Å²) >= 11 is 0. The van der Waals surface area contributed by atoms with Crippen molar-refractivity contribution < 1.29 is 9.59 Å². The third-order valence-corrected chi connectivity index (χ3v) is 2.60. The number of nitrogens with one attached hydrogen (secondary N) is 2. The van der Waals surface area contributed by atoms with E-state index in [-0.39, 0.29) is 0 Å². The van der Waals surface area contributed by atoms with Gasteiger partial charge in [0.15, 0.2) is 0 Å². The van der Waals surface area contributed by atoms with Crippen molar-refractivity contribution in [1.29, 1.82) is 0 Å². The van der Waals surface area contributed by atoms with Gasteiger partial charge in [-0.2, -0.15) is 0 Å². The number of carbonyl (C=O) groups excluding carboxylic acids is 2. The third kappa shape index (κ3) is 5.09. The molecule has 0 radical (unpaired) electrons. The molecule has 0 aliphatic carbocycles. The number of carbonyl (C=O) groups is 2. The summed E-state index contributed by atoms with van der Waals surface area (Å²) < 4.78 is 0. The van der Waals surface area contributed by atoms with E-state index in [1.54, 1.807) is 9.80 Å². The van der Waals surface area contributed by atoms with Crippen molar-refractivity contribution in [3.05, 3.63) is 0 Å². The summed E-state index contributed by atoms with van der Waals surface area (Å²) in [5, 5.41) is 6.49. The Hall–Kier alpha value is -1.14. The highest BCUT2D eigenvalue weighted by Gasteiger charge is 2.06. The minimum Gasteiger partial charge on any atom is -0.342 e. The van der Waals surface area contributed by atoms with Crippen LogP contribution in [-0.4, -0.2) is 75.0 Å². The molecule has 16 heavy (non-hydrogen) atoms. The zero-order valence-electron chi connectivity index (χ0n) is 9.52. The Morgan fingerprint density at radius 2 is 1.12 bits per heavy atom. The van der Waals surface area contributed by atoms with Gasteiger partial charge in [0.25, 0.3) is 0 Å². The maximum atomic E-state index is 10.8. The van der Waals surface area contributed by atoms with E-state index in [0.29, 0.717) is 26.2 Å². The van der Waals surface area contributed by atoms with Crippen LogP contribution in [0.15, 0.2) is 0 Å². The normalized spacial score (nSPS) is 20.8. The van der Waals surface area contributed by atoms with Gasteiger partial charge in [0, 0.05) is 52.4 Å². The van der Waals surface area contributed by atoms with E-state index < -0.39 is 0 Å². The van der Waals surface area contributed by atoms with Gasteiger partial charge >= 0.3 is 0 Å². The van der Waals surface area contributed by atoms with E-state index in [1.807, 2.05) is 0 Å². The minimum absolute atomic E-state index is 0.601. The summed E-state index contributed by atoms with van der Waals surface area (Å²) in [5.74, 6) is 0. The van der Waals surface area contributed by atoms with E-state index >= 15 is 0 Å². The largest absolute Gasteiger partial charge is 0.342 e. The van der Waals surface area contributed by atoms with E-state index in [2.05, 4.69) is 10.6 Å². The Labute approximate surface area is 96.0 Å². The fraction of sp³-hybridized carbons (Fsp3) is 0.800. The topological polar surface area (TPSA) is 64.7 Å². The first-order chi connectivity index (χ1) is 7.86. The van der Waals surface area contributed by atoms with Gasteiger partial charge in [0.2, 0.25) is 12.8 Å². The van der Waals surface area contributed by atoms with E-state index in [0.717, 1.165) is 39.0 Å². The van der Waals surface area contributed by atoms with Crippen molar-refractivity contribution in [2.75, 3.05) is 52.4 Å². The molecule has 0 bridgehead atoms. The smallest absolute Gasteiger partial charge is 0.209 e. The van der Waals surface area contributed by atoms with Crippen molar-refractivity contribution in [3.8, 4) is 0 Å². The molecule has 6 nitrogen and oxygen atoms in total. The molecular formula is C10H20N4O2. The second kappa shape index (κ2) is 8.06. The molecule has 1 heterocycles. The second-order valence-electron chi connectivity index (χ2n) is 3.78. The molecule has 1 saturated heterocycles. The lowest BCUT2D eigenvalue weighted by Gasteiger charge is -2.24. The summed E-state index contributed by atoms with van der Waals surface area (Å²) in [6, 6.07) is 0. The van der Waals surface area contributed by atoms with E-state index in [4.69, 9.17) is 0 Å². The van der Waals surface area contributed by atoms with Gasteiger partial charge in [0.1, 0.15) is 0 Å². The van der Waals surface area contributed by atoms with Crippen LogP contribution in [0.1, 0.15) is 0 Å². The Bertz CT molecular complexity index is 191. The van der Waals surface area contributed by atoms with Crippen LogP contribution in [0.2, 0.25) is 0 Å². The summed E-state index contributed by atoms with van der Waals surface area (Å²) in [5.41, 5.74) is 0. The molecule has 2 N–H and O–H groups in total. The molecule has 0 aromatic carbocycles. The SMILES string of the molecule is O=CN1CCNCCNCCN(C=O)CC1. The first-order valence-electron chi connectivity index (χ1n) is 5.67. The third-order valence-electron chi connectivity index (χ3n) is 2.60. The highest BCUT2D eigenvalue weighted by molar-refractivity contribution is 5.48. The Morgan fingerprint density at radius 1 is 0.688 bits per heavy atom. The minimum atomic E-state index is 0.601. The fourth-order valence-corrected chi connectivity index (χ4v) is 1.56. The average molecular weight is 228 g/mol. The van der Waals surface area contributed by atoms with Crippen LogP contribution in [0.3, 0.4) is 0 Å². The van der Waals surface area contributed by atoms with Crippen LogP contribution in [0.4, 0.5) is 0 Å². The zero-order valence-corrected chi connectivity index (χ0v) is 9.52. The van der Waals surface area contributed by atoms with Crippen molar-refractivity contribution in [3.63, 3.8) is 0 Å². The van der Waals surface area contributed by atoms with Gasteiger partial charge < -0.3 is 20.4 Å². The number of hydrogen-bond donors (Lipinski definition) is 2. The molecule has 0 spiro atoms. The fourth-order valence-electron chi connectivity index (χ4n) is 1.56. The number of hydrogen-bond acceptors (Lipinski definition) is 4. The average Bonchev–Trinajstić information content (AvgIpc) is 2.30. The molecule has 92 valence electrons. The number of nitrogens with zero attached hydrogens (tertiary/aromatic N) is 2. The first-order valence-corrected chi connectivity index (χ1v) is 5.67. The Balaban J connectivity index is 2.39. The van der Waals surface area contributed by atoms with Crippen molar-refractivity contribution >= 4 is 12.8 Å². The Morgan fingerprint density at radius 3 is 1.50 bits per heavy atom. The highest BCUT2D eigenvalue weighted by Crippen LogP contribution is 1.88.